The zero-order valence-corrected chi connectivity index (χ0v) is 15.1. The molecule has 0 spiro atoms. The number of hydrogen-bond acceptors (Lipinski definition) is 8. The number of furan rings is 1. The van der Waals surface area contributed by atoms with Crippen LogP contribution in [-0.2, 0) is 22.7 Å². The van der Waals surface area contributed by atoms with Crippen molar-refractivity contribution in [1.82, 2.24) is 4.98 Å². The molecular weight excluding hydrogens is 391 g/mol. The van der Waals surface area contributed by atoms with E-state index in [0.29, 0.717) is 16.5 Å². The third kappa shape index (κ3) is 5.48. The molecule has 0 bridgehead atoms. The van der Waals surface area contributed by atoms with Gasteiger partial charge in [-0.25, -0.2) is 14.2 Å². The second-order valence-corrected chi connectivity index (χ2v) is 6.29. The molecule has 0 aliphatic carbocycles. The lowest BCUT2D eigenvalue weighted by Crippen LogP contribution is -2.01. The summed E-state index contributed by atoms with van der Waals surface area (Å²) >= 11 is 1.34. The predicted octanol–water partition coefficient (Wildman–Crippen LogP) is 4.12. The van der Waals surface area contributed by atoms with Crippen LogP contribution in [0.15, 0.2) is 52.3 Å². The van der Waals surface area contributed by atoms with Crippen molar-refractivity contribution in [2.75, 3.05) is 0 Å². The second kappa shape index (κ2) is 8.91. The predicted molar refractivity (Wildman–Crippen MR) is 97.0 cm³/mol. The molecule has 0 saturated heterocycles. The van der Waals surface area contributed by atoms with Crippen molar-refractivity contribution in [1.29, 1.82) is 0 Å². The molecule has 144 valence electrons. The summed E-state index contributed by atoms with van der Waals surface area (Å²) in [7, 11) is 0. The molecule has 0 saturated carbocycles. The van der Waals surface area contributed by atoms with Gasteiger partial charge in [0.1, 0.15) is 40.5 Å². The third-order valence-corrected chi connectivity index (χ3v) is 4.18. The van der Waals surface area contributed by atoms with Crippen molar-refractivity contribution in [3.8, 4) is 5.75 Å². The van der Waals surface area contributed by atoms with Gasteiger partial charge in [-0.3, -0.25) is 10.1 Å². The number of carbonyl (C=O) groups is 1. The van der Waals surface area contributed by atoms with E-state index >= 15 is 0 Å². The number of benzene rings is 1. The van der Waals surface area contributed by atoms with E-state index in [0.717, 1.165) is 6.08 Å². The highest BCUT2D eigenvalue weighted by Gasteiger charge is 2.10. The lowest BCUT2D eigenvalue weighted by atomic mass is 10.3. The lowest BCUT2D eigenvalue weighted by molar-refractivity contribution is -0.402. The normalized spacial score (nSPS) is 10.9. The van der Waals surface area contributed by atoms with Gasteiger partial charge in [0.05, 0.1) is 11.8 Å². The molecule has 0 N–H and O–H groups in total. The van der Waals surface area contributed by atoms with Crippen LogP contribution in [0.5, 0.6) is 5.75 Å². The van der Waals surface area contributed by atoms with Crippen molar-refractivity contribution in [3.05, 3.63) is 80.2 Å². The van der Waals surface area contributed by atoms with E-state index in [9.17, 15) is 19.3 Å². The Hall–Kier alpha value is -3.53. The molecule has 10 heteroatoms. The Kier molecular flexibility index (Phi) is 6.12. The van der Waals surface area contributed by atoms with Crippen molar-refractivity contribution in [2.24, 2.45) is 0 Å². The average Bonchev–Trinajstić information content (AvgIpc) is 3.34. The Balaban J connectivity index is 1.45. The summed E-state index contributed by atoms with van der Waals surface area (Å²) in [5.74, 6) is -0.711. The smallest absolute Gasteiger partial charge is 0.433 e. The molecule has 0 aliphatic heterocycles. The standard InChI is InChI=1S/C18H13FN2O6S/c19-12-1-3-14(4-2-12)25-10-16-20-13(11-28-16)9-26-18(22)8-6-15-5-7-17(27-15)21(23)24/h1-8,11H,9-10H2/b8-6+. The number of rotatable bonds is 8. The zero-order chi connectivity index (χ0) is 19.9. The van der Waals surface area contributed by atoms with Crippen LogP contribution >= 0.6 is 11.3 Å². The molecule has 2 heterocycles. The molecule has 3 rings (SSSR count). The molecular formula is C18H13FN2O6S. The van der Waals surface area contributed by atoms with Gasteiger partial charge in [-0.1, -0.05) is 0 Å². The Labute approximate surface area is 162 Å². The van der Waals surface area contributed by atoms with E-state index in [1.807, 2.05) is 0 Å². The maximum Gasteiger partial charge on any atom is 0.433 e. The van der Waals surface area contributed by atoms with Gasteiger partial charge in [0, 0.05) is 11.5 Å². The Bertz CT molecular complexity index is 996. The molecule has 0 radical (unpaired) electrons. The number of halogens is 1. The van der Waals surface area contributed by atoms with Crippen molar-refractivity contribution in [3.63, 3.8) is 0 Å². The van der Waals surface area contributed by atoms with Gasteiger partial charge in [-0.15, -0.1) is 11.3 Å². The van der Waals surface area contributed by atoms with Crippen molar-refractivity contribution >= 4 is 29.3 Å². The summed E-state index contributed by atoms with van der Waals surface area (Å²) in [4.78, 5) is 25.8. The fourth-order valence-electron chi connectivity index (χ4n) is 2.03. The summed E-state index contributed by atoms with van der Waals surface area (Å²) in [5, 5.41) is 12.9. The van der Waals surface area contributed by atoms with E-state index in [1.165, 1.54) is 53.8 Å². The maximum absolute atomic E-state index is 12.8. The van der Waals surface area contributed by atoms with Crippen molar-refractivity contribution < 1.29 is 28.0 Å². The van der Waals surface area contributed by atoms with Gasteiger partial charge in [-0.05, 0) is 36.4 Å². The second-order valence-electron chi connectivity index (χ2n) is 5.35. The Morgan fingerprint density at radius 3 is 2.75 bits per heavy atom. The number of hydrogen-bond donors (Lipinski definition) is 0. The minimum atomic E-state index is -0.671. The van der Waals surface area contributed by atoms with Crippen LogP contribution in [0.25, 0.3) is 6.08 Å². The molecule has 0 amide bonds. The summed E-state index contributed by atoms with van der Waals surface area (Å²) < 4.78 is 28.3. The van der Waals surface area contributed by atoms with Crippen LogP contribution in [0.4, 0.5) is 10.3 Å². The van der Waals surface area contributed by atoms with E-state index < -0.39 is 16.8 Å². The fraction of sp³-hybridized carbons (Fsp3) is 0.111. The van der Waals surface area contributed by atoms with E-state index in [2.05, 4.69) is 4.98 Å². The largest absolute Gasteiger partial charge is 0.486 e. The molecule has 8 nitrogen and oxygen atoms in total. The van der Waals surface area contributed by atoms with Crippen LogP contribution in [0.1, 0.15) is 16.5 Å². The number of nitro groups is 1. The van der Waals surface area contributed by atoms with E-state index in [1.54, 1.807) is 5.38 Å². The first-order valence-corrected chi connectivity index (χ1v) is 8.78. The van der Waals surface area contributed by atoms with Crippen LogP contribution in [0, 0.1) is 15.9 Å². The quantitative estimate of drug-likeness (QED) is 0.241. The van der Waals surface area contributed by atoms with Crippen LogP contribution in [0.2, 0.25) is 0 Å². The van der Waals surface area contributed by atoms with Crippen LogP contribution in [-0.4, -0.2) is 15.9 Å². The van der Waals surface area contributed by atoms with Gasteiger partial charge >= 0.3 is 11.9 Å². The first-order valence-electron chi connectivity index (χ1n) is 7.90. The SMILES string of the molecule is O=C(/C=C/c1ccc([N+](=O)[O-])o1)OCc1csc(COc2ccc(F)cc2)n1. The molecule has 28 heavy (non-hydrogen) atoms. The highest BCUT2D eigenvalue weighted by molar-refractivity contribution is 7.09. The van der Waals surface area contributed by atoms with Crippen LogP contribution < -0.4 is 4.74 Å². The van der Waals surface area contributed by atoms with Gasteiger partial charge in [-0.2, -0.15) is 0 Å². The Morgan fingerprint density at radius 2 is 2.04 bits per heavy atom. The molecule has 3 aromatic rings. The van der Waals surface area contributed by atoms with Crippen molar-refractivity contribution in [2.45, 2.75) is 13.2 Å². The third-order valence-electron chi connectivity index (χ3n) is 3.31. The van der Waals surface area contributed by atoms with E-state index in [4.69, 9.17) is 13.9 Å². The summed E-state index contributed by atoms with van der Waals surface area (Å²) in [6, 6.07) is 8.20. The minimum Gasteiger partial charge on any atom is -0.486 e. The monoisotopic (exact) mass is 404 g/mol. The number of thiazole rings is 1. The number of nitrogens with zero attached hydrogens (tertiary/aromatic N) is 2. The first kappa shape index (κ1) is 19.2. The average molecular weight is 404 g/mol. The highest BCUT2D eigenvalue weighted by atomic mass is 32.1. The summed E-state index contributed by atoms with van der Waals surface area (Å²) in [5.41, 5.74) is 0.554. The fourth-order valence-corrected chi connectivity index (χ4v) is 2.72. The van der Waals surface area contributed by atoms with Gasteiger partial charge in [0.2, 0.25) is 0 Å². The highest BCUT2D eigenvalue weighted by Crippen LogP contribution is 2.18. The van der Waals surface area contributed by atoms with Gasteiger partial charge in [0.15, 0.2) is 0 Å². The summed E-state index contributed by atoms with van der Waals surface area (Å²) in [6.45, 7) is 0.177. The lowest BCUT2D eigenvalue weighted by Gasteiger charge is -2.03. The van der Waals surface area contributed by atoms with E-state index in [-0.39, 0.29) is 24.8 Å². The molecule has 0 fully saturated rings. The first-order chi connectivity index (χ1) is 13.5. The molecule has 2 aromatic heterocycles. The molecule has 1 aromatic carbocycles. The van der Waals surface area contributed by atoms with Gasteiger partial charge < -0.3 is 13.9 Å². The molecule has 0 atom stereocenters. The summed E-state index contributed by atoms with van der Waals surface area (Å²) in [6.07, 6.45) is 2.38. The Morgan fingerprint density at radius 1 is 1.25 bits per heavy atom. The van der Waals surface area contributed by atoms with Crippen LogP contribution in [0.3, 0.4) is 0 Å². The topological polar surface area (TPSA) is 105 Å². The number of aromatic nitrogens is 1. The molecule has 0 aliphatic rings. The molecule has 0 unspecified atom stereocenters. The van der Waals surface area contributed by atoms with Gasteiger partial charge in [0.25, 0.3) is 0 Å². The number of carbonyl (C=O) groups excluding carboxylic acids is 1. The minimum absolute atomic E-state index is 0.0332. The number of ether oxygens (including phenoxy) is 2. The maximum atomic E-state index is 12.8. The zero-order valence-electron chi connectivity index (χ0n) is 14.2. The number of esters is 1.